The lowest BCUT2D eigenvalue weighted by atomic mass is 10.0. The number of halogens is 1. The van der Waals surface area contributed by atoms with Crippen LogP contribution in [0.25, 0.3) is 0 Å². The van der Waals surface area contributed by atoms with Gasteiger partial charge in [0.05, 0.1) is 12.2 Å². The Balaban J connectivity index is 3.16. The summed E-state index contributed by atoms with van der Waals surface area (Å²) in [5.41, 5.74) is 4.09. The fourth-order valence-corrected chi connectivity index (χ4v) is 2.28. The molecule has 0 aliphatic heterocycles. The highest BCUT2D eigenvalue weighted by atomic mass is 32.1. The third-order valence-electron chi connectivity index (χ3n) is 3.44. The summed E-state index contributed by atoms with van der Waals surface area (Å²) in [6, 6.07) is 0. The van der Waals surface area contributed by atoms with Gasteiger partial charge in [0.1, 0.15) is 11.4 Å². The van der Waals surface area contributed by atoms with Gasteiger partial charge in [0.2, 0.25) is 5.95 Å². The van der Waals surface area contributed by atoms with E-state index in [-0.39, 0.29) is 29.5 Å². The van der Waals surface area contributed by atoms with Gasteiger partial charge in [0.15, 0.2) is 6.30 Å². The number of aromatic nitrogens is 2. The number of anilines is 2. The van der Waals surface area contributed by atoms with Crippen molar-refractivity contribution in [3.05, 3.63) is 28.7 Å². The molecule has 1 unspecified atom stereocenters. The quantitative estimate of drug-likeness (QED) is 0.411. The molecule has 0 fully saturated rings. The molecule has 0 spiro atoms. The average molecular weight is 332 g/mol. The first-order chi connectivity index (χ1) is 10.3. The van der Waals surface area contributed by atoms with Crippen LogP contribution in [0.3, 0.4) is 0 Å². The smallest absolute Gasteiger partial charge is 0.257 e. The van der Waals surface area contributed by atoms with Crippen molar-refractivity contribution >= 4 is 24.4 Å². The van der Waals surface area contributed by atoms with Crippen LogP contribution in [0.15, 0.2) is 17.6 Å². The molecule has 2 atom stereocenters. The van der Waals surface area contributed by atoms with Gasteiger partial charge in [0.25, 0.3) is 5.56 Å². The van der Waals surface area contributed by atoms with E-state index in [1.54, 1.807) is 0 Å². The topological polar surface area (TPSA) is 104 Å². The number of nitrogens with zero attached hydrogens (tertiary/aromatic N) is 2. The lowest BCUT2D eigenvalue weighted by Gasteiger charge is -2.33. The van der Waals surface area contributed by atoms with Gasteiger partial charge >= 0.3 is 0 Å². The Bertz CT molecular complexity index is 569. The number of nitrogen functional groups attached to an aromatic ring is 1. The van der Waals surface area contributed by atoms with Gasteiger partial charge in [-0.15, -0.1) is 0 Å². The molecule has 0 saturated heterocycles. The molecule has 1 heterocycles. The lowest BCUT2D eigenvalue weighted by Crippen LogP contribution is -2.44. The zero-order valence-electron chi connectivity index (χ0n) is 12.5. The standard InChI is InChI=1S/C13H21FN4O3S/c1-4-18(9(14)5-13(6-19,7-22)21-3)10-8(2)11(20)17-12(15)16-10/h4,9,19,22H,1,5-7H2,2-3H3,(H3,15,16,17,20)/t9-,13?/m0/s1. The van der Waals surface area contributed by atoms with Crippen molar-refractivity contribution in [1.29, 1.82) is 0 Å². The van der Waals surface area contributed by atoms with E-state index in [0.29, 0.717) is 0 Å². The molecule has 7 nitrogen and oxygen atoms in total. The Kier molecular flexibility index (Phi) is 6.39. The van der Waals surface area contributed by atoms with Gasteiger partial charge in [-0.25, -0.2) is 4.39 Å². The number of hydrogen-bond donors (Lipinski definition) is 4. The molecule has 0 saturated carbocycles. The minimum Gasteiger partial charge on any atom is -0.393 e. The number of ether oxygens (including phenoxy) is 1. The molecule has 1 rings (SSSR count). The zero-order valence-corrected chi connectivity index (χ0v) is 13.4. The normalized spacial score (nSPS) is 15.1. The van der Waals surface area contributed by atoms with E-state index >= 15 is 0 Å². The van der Waals surface area contributed by atoms with Gasteiger partial charge in [-0.05, 0) is 6.92 Å². The highest BCUT2D eigenvalue weighted by molar-refractivity contribution is 7.80. The van der Waals surface area contributed by atoms with Crippen molar-refractivity contribution in [1.82, 2.24) is 9.97 Å². The average Bonchev–Trinajstić information content (AvgIpc) is 2.50. The second-order valence-electron chi connectivity index (χ2n) is 4.83. The van der Waals surface area contributed by atoms with E-state index < -0.39 is 24.1 Å². The monoisotopic (exact) mass is 332 g/mol. The molecule has 0 aromatic carbocycles. The van der Waals surface area contributed by atoms with Crippen LogP contribution < -0.4 is 16.2 Å². The molecule has 9 heteroatoms. The van der Waals surface area contributed by atoms with Crippen LogP contribution in [0.2, 0.25) is 0 Å². The molecule has 0 aliphatic rings. The minimum atomic E-state index is -1.64. The Labute approximate surface area is 133 Å². The molecular formula is C13H21FN4O3S. The van der Waals surface area contributed by atoms with E-state index in [9.17, 15) is 14.3 Å². The SMILES string of the molecule is C=CN(c1nc(N)[nH]c(=O)c1C)[C@H](F)CC(CO)(CS)OC. The number of alkyl halides is 1. The first-order valence-corrected chi connectivity index (χ1v) is 7.15. The van der Waals surface area contributed by atoms with E-state index in [1.807, 2.05) is 0 Å². The highest BCUT2D eigenvalue weighted by Crippen LogP contribution is 2.26. The van der Waals surface area contributed by atoms with Gasteiger partial charge < -0.3 is 20.5 Å². The van der Waals surface area contributed by atoms with Crippen molar-refractivity contribution in [2.45, 2.75) is 25.2 Å². The van der Waals surface area contributed by atoms with Crippen molar-refractivity contribution < 1.29 is 14.2 Å². The number of hydrogen-bond acceptors (Lipinski definition) is 7. The molecule has 0 radical (unpaired) electrons. The van der Waals surface area contributed by atoms with Crippen LogP contribution in [-0.2, 0) is 4.74 Å². The number of aliphatic hydroxyl groups excluding tert-OH is 1. The summed E-state index contributed by atoms with van der Waals surface area (Å²) in [5.74, 6) is 0.0554. The van der Waals surface area contributed by atoms with Crippen molar-refractivity contribution in [2.24, 2.45) is 0 Å². The van der Waals surface area contributed by atoms with Gasteiger partial charge in [-0.2, -0.15) is 17.6 Å². The lowest BCUT2D eigenvalue weighted by molar-refractivity contribution is -0.0521. The van der Waals surface area contributed by atoms with Crippen LogP contribution in [-0.4, -0.2) is 46.4 Å². The number of aliphatic hydroxyl groups is 1. The van der Waals surface area contributed by atoms with Gasteiger partial charge in [0, 0.05) is 25.5 Å². The van der Waals surface area contributed by atoms with Gasteiger partial charge in [-0.1, -0.05) is 6.58 Å². The maximum Gasteiger partial charge on any atom is 0.257 e. The number of methoxy groups -OCH3 is 1. The van der Waals surface area contributed by atoms with Crippen LogP contribution in [0, 0.1) is 6.92 Å². The molecule has 1 aromatic rings. The summed E-state index contributed by atoms with van der Waals surface area (Å²) in [4.78, 5) is 19.1. The Hall–Kier alpha value is -1.58. The Morgan fingerprint density at radius 2 is 2.36 bits per heavy atom. The van der Waals surface area contributed by atoms with E-state index in [1.165, 1.54) is 20.2 Å². The van der Waals surface area contributed by atoms with E-state index in [4.69, 9.17) is 10.5 Å². The molecular weight excluding hydrogens is 311 g/mol. The van der Waals surface area contributed by atoms with Crippen LogP contribution in [0.1, 0.15) is 12.0 Å². The second kappa shape index (κ2) is 7.61. The molecule has 22 heavy (non-hydrogen) atoms. The number of thiol groups is 1. The molecule has 4 N–H and O–H groups in total. The summed E-state index contributed by atoms with van der Waals surface area (Å²) in [7, 11) is 1.37. The predicted octanol–water partition coefficient (Wildman–Crippen LogP) is 0.603. The maximum absolute atomic E-state index is 14.7. The Morgan fingerprint density at radius 1 is 1.73 bits per heavy atom. The molecule has 0 amide bonds. The second-order valence-corrected chi connectivity index (χ2v) is 5.15. The summed E-state index contributed by atoms with van der Waals surface area (Å²) in [6.07, 6.45) is -0.623. The third-order valence-corrected chi connectivity index (χ3v) is 4.01. The summed E-state index contributed by atoms with van der Waals surface area (Å²) >= 11 is 4.09. The first kappa shape index (κ1) is 18.5. The van der Waals surface area contributed by atoms with Crippen molar-refractivity contribution in [3.63, 3.8) is 0 Å². The maximum atomic E-state index is 14.7. The highest BCUT2D eigenvalue weighted by Gasteiger charge is 2.34. The largest absolute Gasteiger partial charge is 0.393 e. The number of H-pyrrole nitrogens is 1. The fraction of sp³-hybridized carbons (Fsp3) is 0.538. The van der Waals surface area contributed by atoms with Crippen LogP contribution in [0.5, 0.6) is 0 Å². The summed E-state index contributed by atoms with van der Waals surface area (Å²) < 4.78 is 19.9. The van der Waals surface area contributed by atoms with E-state index in [0.717, 1.165) is 4.90 Å². The molecule has 0 aliphatic carbocycles. The summed E-state index contributed by atoms with van der Waals surface area (Å²) in [5, 5.41) is 9.42. The first-order valence-electron chi connectivity index (χ1n) is 6.52. The third kappa shape index (κ3) is 3.79. The summed E-state index contributed by atoms with van der Waals surface area (Å²) in [6.45, 7) is 4.63. The molecule has 124 valence electrons. The minimum absolute atomic E-state index is 0.0610. The van der Waals surface area contributed by atoms with Crippen molar-refractivity contribution in [2.75, 3.05) is 30.1 Å². The number of aromatic amines is 1. The van der Waals surface area contributed by atoms with Gasteiger partial charge in [-0.3, -0.25) is 9.78 Å². The number of nitrogens with one attached hydrogen (secondary N) is 1. The number of rotatable bonds is 8. The van der Waals surface area contributed by atoms with Crippen LogP contribution in [0.4, 0.5) is 16.2 Å². The number of nitrogens with two attached hydrogens (primary N) is 1. The zero-order chi connectivity index (χ0) is 16.9. The molecule has 0 bridgehead atoms. The fourth-order valence-electron chi connectivity index (χ4n) is 1.92. The van der Waals surface area contributed by atoms with Crippen LogP contribution >= 0.6 is 12.6 Å². The predicted molar refractivity (Wildman–Crippen MR) is 86.9 cm³/mol. The Morgan fingerprint density at radius 3 is 2.82 bits per heavy atom. The molecule has 1 aromatic heterocycles. The van der Waals surface area contributed by atoms with Crippen molar-refractivity contribution in [3.8, 4) is 0 Å². The van der Waals surface area contributed by atoms with E-state index in [2.05, 4.69) is 29.2 Å².